The van der Waals surface area contributed by atoms with Gasteiger partial charge in [0.15, 0.2) is 0 Å². The molecule has 0 spiro atoms. The van der Waals surface area contributed by atoms with E-state index in [4.69, 9.17) is 0 Å². The number of aryl methyl sites for hydroxylation is 1. The minimum absolute atomic E-state index is 0.329. The van der Waals surface area contributed by atoms with Gasteiger partial charge in [0.1, 0.15) is 0 Å². The summed E-state index contributed by atoms with van der Waals surface area (Å²) in [5.74, 6) is -0.671. The van der Waals surface area contributed by atoms with E-state index >= 15 is 0 Å². The van der Waals surface area contributed by atoms with Gasteiger partial charge in [-0.1, -0.05) is 19.1 Å². The minimum atomic E-state index is -0.341. The van der Waals surface area contributed by atoms with Crippen LogP contribution in [-0.2, 0) is 6.42 Å². The molecule has 0 saturated heterocycles. The second-order valence-corrected chi connectivity index (χ2v) is 5.71. The minimum Gasteiger partial charge on any atom is -0.267 e. The number of nitrogens with one attached hydrogen (secondary N) is 2. The van der Waals surface area contributed by atoms with Gasteiger partial charge in [0.05, 0.1) is 0 Å². The fourth-order valence-electron chi connectivity index (χ4n) is 1.79. The largest absolute Gasteiger partial charge is 0.269 e. The maximum absolute atomic E-state index is 12.0. The van der Waals surface area contributed by atoms with Crippen LogP contribution in [0.2, 0.25) is 0 Å². The molecule has 2 rings (SSSR count). The van der Waals surface area contributed by atoms with Crippen LogP contribution in [0.25, 0.3) is 0 Å². The normalized spacial score (nSPS) is 10.0. The van der Waals surface area contributed by atoms with Crippen LogP contribution in [0.1, 0.15) is 33.2 Å². The lowest BCUT2D eigenvalue weighted by Crippen LogP contribution is -2.41. The summed E-state index contributed by atoms with van der Waals surface area (Å²) in [6.07, 6.45) is 0.857. The van der Waals surface area contributed by atoms with Crippen molar-refractivity contribution in [3.05, 3.63) is 68.8 Å². The Balaban J connectivity index is 1.97. The summed E-state index contributed by atoms with van der Waals surface area (Å²) in [6, 6.07) is 14.4. The third-order valence-corrected chi connectivity index (χ3v) is 3.71. The summed E-state index contributed by atoms with van der Waals surface area (Å²) in [4.78, 5) is 23.9. The molecule has 2 aromatic rings. The number of benzene rings is 2. The first-order chi connectivity index (χ1) is 10.1. The highest BCUT2D eigenvalue weighted by Gasteiger charge is 2.09. The van der Waals surface area contributed by atoms with Crippen molar-refractivity contribution in [2.24, 2.45) is 0 Å². The number of carbonyl (C=O) groups is 2. The molecule has 0 aliphatic rings. The smallest absolute Gasteiger partial charge is 0.267 e. The third-order valence-electron chi connectivity index (χ3n) is 2.99. The van der Waals surface area contributed by atoms with Gasteiger partial charge in [-0.25, -0.2) is 0 Å². The van der Waals surface area contributed by atoms with Crippen LogP contribution in [0.3, 0.4) is 0 Å². The first-order valence-corrected chi connectivity index (χ1v) is 7.63. The first-order valence-electron chi connectivity index (χ1n) is 6.55. The lowest BCUT2D eigenvalue weighted by molar-refractivity contribution is 0.0846. The van der Waals surface area contributed by atoms with Crippen molar-refractivity contribution in [2.75, 3.05) is 0 Å². The van der Waals surface area contributed by atoms with Crippen LogP contribution in [0.15, 0.2) is 48.5 Å². The topological polar surface area (TPSA) is 58.2 Å². The van der Waals surface area contributed by atoms with Gasteiger partial charge in [-0.2, -0.15) is 0 Å². The Bertz CT molecular complexity index is 654. The molecule has 2 N–H and O–H groups in total. The number of hydrogen-bond acceptors (Lipinski definition) is 2. The molecule has 2 aromatic carbocycles. The van der Waals surface area contributed by atoms with Crippen molar-refractivity contribution in [3.8, 4) is 0 Å². The molecule has 2 amide bonds. The van der Waals surface area contributed by atoms with Crippen LogP contribution >= 0.6 is 22.6 Å². The number of hydrogen-bond donors (Lipinski definition) is 2. The zero-order valence-electron chi connectivity index (χ0n) is 11.5. The number of hydrazine groups is 1. The maximum Gasteiger partial charge on any atom is 0.269 e. The lowest BCUT2D eigenvalue weighted by Gasteiger charge is -2.08. The molecule has 0 saturated carbocycles. The predicted octanol–water partition coefficient (Wildman–Crippen LogP) is 2.93. The zero-order chi connectivity index (χ0) is 15.2. The zero-order valence-corrected chi connectivity index (χ0v) is 13.7. The molecule has 0 aromatic heterocycles. The van der Waals surface area contributed by atoms with E-state index in [9.17, 15) is 9.59 Å². The van der Waals surface area contributed by atoms with E-state index in [1.165, 1.54) is 0 Å². The van der Waals surface area contributed by atoms with Crippen LogP contribution in [0.4, 0.5) is 0 Å². The third kappa shape index (κ3) is 4.29. The van der Waals surface area contributed by atoms with Gasteiger partial charge >= 0.3 is 0 Å². The molecule has 0 heterocycles. The molecular weight excluding hydrogens is 379 g/mol. The Morgan fingerprint density at radius 2 is 1.57 bits per heavy atom. The van der Waals surface area contributed by atoms with Crippen molar-refractivity contribution in [3.63, 3.8) is 0 Å². The summed E-state index contributed by atoms with van der Waals surface area (Å²) < 4.78 is 1.05. The summed E-state index contributed by atoms with van der Waals surface area (Å²) in [7, 11) is 0. The lowest BCUT2D eigenvalue weighted by atomic mass is 10.1. The quantitative estimate of drug-likeness (QED) is 0.622. The maximum atomic E-state index is 12.0. The molecule has 4 nitrogen and oxygen atoms in total. The second-order valence-electron chi connectivity index (χ2n) is 4.47. The first kappa shape index (κ1) is 15.5. The highest BCUT2D eigenvalue weighted by atomic mass is 127. The average Bonchev–Trinajstić information content (AvgIpc) is 2.53. The van der Waals surface area contributed by atoms with Crippen LogP contribution in [0, 0.1) is 3.57 Å². The highest BCUT2D eigenvalue weighted by Crippen LogP contribution is 2.07. The number of amides is 2. The van der Waals surface area contributed by atoms with Crippen LogP contribution < -0.4 is 10.9 Å². The van der Waals surface area contributed by atoms with Crippen molar-refractivity contribution >= 4 is 34.4 Å². The van der Waals surface area contributed by atoms with Gasteiger partial charge in [0.25, 0.3) is 11.8 Å². The van der Waals surface area contributed by atoms with Gasteiger partial charge in [-0.3, -0.25) is 20.4 Å². The second kappa shape index (κ2) is 7.21. The number of rotatable bonds is 3. The van der Waals surface area contributed by atoms with Gasteiger partial charge < -0.3 is 0 Å². The molecule has 108 valence electrons. The Kier molecular flexibility index (Phi) is 5.32. The molecule has 5 heteroatoms. The van der Waals surface area contributed by atoms with E-state index in [2.05, 4.69) is 33.4 Å². The molecule has 0 aliphatic heterocycles. The van der Waals surface area contributed by atoms with Crippen LogP contribution in [0.5, 0.6) is 0 Å². The molecular formula is C16H15IN2O2. The Hall–Kier alpha value is -1.89. The van der Waals surface area contributed by atoms with Crippen molar-refractivity contribution in [2.45, 2.75) is 13.3 Å². The molecule has 0 fully saturated rings. The number of carbonyl (C=O) groups excluding carboxylic acids is 2. The van der Waals surface area contributed by atoms with E-state index in [0.717, 1.165) is 15.6 Å². The van der Waals surface area contributed by atoms with E-state index in [0.29, 0.717) is 11.1 Å². The van der Waals surface area contributed by atoms with E-state index in [1.807, 2.05) is 37.3 Å². The van der Waals surface area contributed by atoms with Gasteiger partial charge in [0.2, 0.25) is 0 Å². The van der Waals surface area contributed by atoms with E-state index in [-0.39, 0.29) is 11.8 Å². The Labute approximate surface area is 137 Å². The van der Waals surface area contributed by atoms with Crippen molar-refractivity contribution < 1.29 is 9.59 Å². The van der Waals surface area contributed by atoms with Crippen LogP contribution in [-0.4, -0.2) is 11.8 Å². The Morgan fingerprint density at radius 3 is 2.19 bits per heavy atom. The van der Waals surface area contributed by atoms with Gasteiger partial charge in [-0.15, -0.1) is 0 Å². The molecule has 0 aliphatic carbocycles. The van der Waals surface area contributed by atoms with E-state index in [1.54, 1.807) is 18.2 Å². The summed E-state index contributed by atoms with van der Waals surface area (Å²) in [5.41, 5.74) is 6.93. The monoisotopic (exact) mass is 394 g/mol. The molecule has 0 unspecified atom stereocenters. The average molecular weight is 394 g/mol. The number of halogens is 1. The van der Waals surface area contributed by atoms with Gasteiger partial charge in [0, 0.05) is 14.7 Å². The van der Waals surface area contributed by atoms with Crippen molar-refractivity contribution in [1.29, 1.82) is 0 Å². The highest BCUT2D eigenvalue weighted by molar-refractivity contribution is 14.1. The molecule has 0 bridgehead atoms. The summed E-state index contributed by atoms with van der Waals surface area (Å²) in [6.45, 7) is 2.02. The van der Waals surface area contributed by atoms with E-state index < -0.39 is 0 Å². The SMILES string of the molecule is CCc1cccc(C(=O)NNC(=O)c2ccc(I)cc2)c1. The summed E-state index contributed by atoms with van der Waals surface area (Å²) >= 11 is 2.16. The Morgan fingerprint density at radius 1 is 0.952 bits per heavy atom. The molecule has 0 radical (unpaired) electrons. The molecule has 0 atom stereocenters. The summed E-state index contributed by atoms with van der Waals surface area (Å²) in [5, 5.41) is 0. The molecule has 21 heavy (non-hydrogen) atoms. The van der Waals surface area contributed by atoms with Gasteiger partial charge in [-0.05, 0) is 71.0 Å². The van der Waals surface area contributed by atoms with Crippen molar-refractivity contribution in [1.82, 2.24) is 10.9 Å². The standard InChI is InChI=1S/C16H15IN2O2/c1-2-11-4-3-5-13(10-11)16(21)19-18-15(20)12-6-8-14(17)9-7-12/h3-10H,2H2,1H3,(H,18,20)(H,19,21). The fourth-order valence-corrected chi connectivity index (χ4v) is 2.15. The predicted molar refractivity (Wildman–Crippen MR) is 89.9 cm³/mol. The fraction of sp³-hybridized carbons (Fsp3) is 0.125.